The molecule has 4 heteroatoms. The van der Waals surface area contributed by atoms with E-state index in [1.165, 1.54) is 12.1 Å². The number of benzene rings is 2. The fourth-order valence-electron chi connectivity index (χ4n) is 2.06. The Hall–Kier alpha value is -2.33. The molecule has 2 aromatic carbocycles. The molecule has 0 aliphatic heterocycles. The zero-order valence-electron chi connectivity index (χ0n) is 10.9. The molecule has 20 heavy (non-hydrogen) atoms. The average Bonchev–Trinajstić information content (AvgIpc) is 2.47. The molecule has 3 nitrogen and oxygen atoms in total. The minimum atomic E-state index is -0.213. The van der Waals surface area contributed by atoms with Gasteiger partial charge in [-0.1, -0.05) is 24.3 Å². The Balaban J connectivity index is 1.65. The Morgan fingerprint density at radius 1 is 0.950 bits per heavy atom. The quantitative estimate of drug-likeness (QED) is 0.789. The van der Waals surface area contributed by atoms with E-state index in [1.54, 1.807) is 12.3 Å². The van der Waals surface area contributed by atoms with Crippen LogP contribution in [0.1, 0.15) is 11.3 Å². The lowest BCUT2D eigenvalue weighted by Gasteiger charge is -2.05. The Morgan fingerprint density at radius 3 is 2.65 bits per heavy atom. The SMILES string of the molecule is Fc1cccc(CNCc2cnc3ccccc3n2)c1. The first-order valence-corrected chi connectivity index (χ1v) is 6.47. The van der Waals surface area contributed by atoms with Crippen LogP contribution >= 0.6 is 0 Å². The number of aromatic nitrogens is 2. The molecule has 0 atom stereocenters. The number of halogens is 1. The van der Waals surface area contributed by atoms with E-state index in [9.17, 15) is 4.39 Å². The molecule has 0 fully saturated rings. The van der Waals surface area contributed by atoms with Gasteiger partial charge in [0.2, 0.25) is 0 Å². The van der Waals surface area contributed by atoms with Gasteiger partial charge in [0.1, 0.15) is 5.82 Å². The van der Waals surface area contributed by atoms with Gasteiger partial charge in [-0.25, -0.2) is 9.37 Å². The van der Waals surface area contributed by atoms with Crippen molar-refractivity contribution in [3.63, 3.8) is 0 Å². The standard InChI is InChI=1S/C16H14FN3/c17-13-5-3-4-12(8-13)9-18-10-14-11-19-15-6-1-2-7-16(15)20-14/h1-8,11,18H,9-10H2. The van der Waals surface area contributed by atoms with Gasteiger partial charge < -0.3 is 5.32 Å². The van der Waals surface area contributed by atoms with Crippen LogP contribution in [-0.2, 0) is 13.1 Å². The van der Waals surface area contributed by atoms with Crippen molar-refractivity contribution in [3.05, 3.63) is 71.8 Å². The van der Waals surface area contributed by atoms with E-state index in [2.05, 4.69) is 15.3 Å². The van der Waals surface area contributed by atoms with Gasteiger partial charge in [-0.05, 0) is 29.8 Å². The molecule has 1 N–H and O–H groups in total. The molecule has 0 amide bonds. The summed E-state index contributed by atoms with van der Waals surface area (Å²) in [5, 5.41) is 3.24. The van der Waals surface area contributed by atoms with Crippen LogP contribution in [0, 0.1) is 5.82 Å². The molecule has 1 aromatic heterocycles. The van der Waals surface area contributed by atoms with Gasteiger partial charge in [0, 0.05) is 13.1 Å². The minimum absolute atomic E-state index is 0.213. The first-order valence-electron chi connectivity index (χ1n) is 6.47. The van der Waals surface area contributed by atoms with Crippen molar-refractivity contribution < 1.29 is 4.39 Å². The normalized spacial score (nSPS) is 10.8. The maximum absolute atomic E-state index is 13.0. The highest BCUT2D eigenvalue weighted by atomic mass is 19.1. The molecular formula is C16H14FN3. The average molecular weight is 267 g/mol. The topological polar surface area (TPSA) is 37.8 Å². The highest BCUT2D eigenvalue weighted by Gasteiger charge is 2.00. The molecule has 0 spiro atoms. The first kappa shape index (κ1) is 12.7. The summed E-state index contributed by atoms with van der Waals surface area (Å²) in [6, 6.07) is 14.3. The molecule has 3 rings (SSSR count). The Bertz CT molecular complexity index is 727. The molecule has 3 aromatic rings. The number of nitrogens with one attached hydrogen (secondary N) is 1. The van der Waals surface area contributed by atoms with Crippen molar-refractivity contribution in [2.45, 2.75) is 13.1 Å². The van der Waals surface area contributed by atoms with Crippen LogP contribution in [0.15, 0.2) is 54.7 Å². The number of fused-ring (bicyclic) bond motifs is 1. The summed E-state index contributed by atoms with van der Waals surface area (Å²) in [6.07, 6.45) is 1.76. The Labute approximate surface area is 116 Å². The maximum Gasteiger partial charge on any atom is 0.123 e. The maximum atomic E-state index is 13.0. The fraction of sp³-hybridized carbons (Fsp3) is 0.125. The summed E-state index contributed by atoms with van der Waals surface area (Å²) < 4.78 is 13.0. The molecule has 100 valence electrons. The Morgan fingerprint density at radius 2 is 1.80 bits per heavy atom. The van der Waals surface area contributed by atoms with Crippen molar-refractivity contribution >= 4 is 11.0 Å². The largest absolute Gasteiger partial charge is 0.307 e. The van der Waals surface area contributed by atoms with Crippen LogP contribution in [0.25, 0.3) is 11.0 Å². The first-order chi connectivity index (χ1) is 9.81. The van der Waals surface area contributed by atoms with Gasteiger partial charge in [0.15, 0.2) is 0 Å². The fourth-order valence-corrected chi connectivity index (χ4v) is 2.06. The van der Waals surface area contributed by atoms with Crippen molar-refractivity contribution in [1.82, 2.24) is 15.3 Å². The van der Waals surface area contributed by atoms with Gasteiger partial charge >= 0.3 is 0 Å². The third-order valence-corrected chi connectivity index (χ3v) is 3.02. The number of para-hydroxylation sites is 2. The molecule has 0 bridgehead atoms. The molecule has 0 aliphatic rings. The lowest BCUT2D eigenvalue weighted by Crippen LogP contribution is -2.14. The number of nitrogens with zero attached hydrogens (tertiary/aromatic N) is 2. The molecule has 0 saturated carbocycles. The third kappa shape index (κ3) is 2.97. The summed E-state index contributed by atoms with van der Waals surface area (Å²) in [4.78, 5) is 8.88. The van der Waals surface area contributed by atoms with Crippen molar-refractivity contribution in [2.24, 2.45) is 0 Å². The number of hydrogen-bond donors (Lipinski definition) is 1. The van der Waals surface area contributed by atoms with Crippen molar-refractivity contribution in [3.8, 4) is 0 Å². The van der Waals surface area contributed by atoms with E-state index in [0.29, 0.717) is 13.1 Å². The van der Waals surface area contributed by atoms with E-state index < -0.39 is 0 Å². The van der Waals surface area contributed by atoms with Crippen LogP contribution in [0.4, 0.5) is 4.39 Å². The van der Waals surface area contributed by atoms with E-state index in [4.69, 9.17) is 0 Å². The van der Waals surface area contributed by atoms with E-state index >= 15 is 0 Å². The molecule has 0 radical (unpaired) electrons. The number of rotatable bonds is 4. The molecular weight excluding hydrogens is 253 g/mol. The van der Waals surface area contributed by atoms with Crippen LogP contribution < -0.4 is 5.32 Å². The zero-order chi connectivity index (χ0) is 13.8. The van der Waals surface area contributed by atoms with Crippen LogP contribution in [0.5, 0.6) is 0 Å². The highest BCUT2D eigenvalue weighted by Crippen LogP contribution is 2.08. The second-order valence-corrected chi connectivity index (χ2v) is 4.58. The summed E-state index contributed by atoms with van der Waals surface area (Å²) in [5.41, 5.74) is 3.57. The summed E-state index contributed by atoms with van der Waals surface area (Å²) >= 11 is 0. The molecule has 0 aliphatic carbocycles. The predicted molar refractivity (Wildman–Crippen MR) is 76.5 cm³/mol. The molecule has 0 saturated heterocycles. The molecule has 0 unspecified atom stereocenters. The summed E-state index contributed by atoms with van der Waals surface area (Å²) in [6.45, 7) is 1.21. The van der Waals surface area contributed by atoms with E-state index in [1.807, 2.05) is 30.3 Å². The second-order valence-electron chi connectivity index (χ2n) is 4.58. The zero-order valence-corrected chi connectivity index (χ0v) is 10.9. The van der Waals surface area contributed by atoms with Gasteiger partial charge in [0.05, 0.1) is 22.9 Å². The second kappa shape index (κ2) is 5.75. The minimum Gasteiger partial charge on any atom is -0.307 e. The predicted octanol–water partition coefficient (Wildman–Crippen LogP) is 3.06. The van der Waals surface area contributed by atoms with Crippen molar-refractivity contribution in [1.29, 1.82) is 0 Å². The lowest BCUT2D eigenvalue weighted by atomic mass is 10.2. The molecule has 1 heterocycles. The smallest absolute Gasteiger partial charge is 0.123 e. The van der Waals surface area contributed by atoms with Crippen LogP contribution in [0.2, 0.25) is 0 Å². The Kier molecular flexibility index (Phi) is 3.65. The van der Waals surface area contributed by atoms with Crippen LogP contribution in [0.3, 0.4) is 0 Å². The van der Waals surface area contributed by atoms with Crippen LogP contribution in [-0.4, -0.2) is 9.97 Å². The van der Waals surface area contributed by atoms with E-state index in [0.717, 1.165) is 22.3 Å². The van der Waals surface area contributed by atoms with Crippen molar-refractivity contribution in [2.75, 3.05) is 0 Å². The third-order valence-electron chi connectivity index (χ3n) is 3.02. The summed E-state index contributed by atoms with van der Waals surface area (Å²) in [7, 11) is 0. The monoisotopic (exact) mass is 267 g/mol. The lowest BCUT2D eigenvalue weighted by molar-refractivity contribution is 0.619. The van der Waals surface area contributed by atoms with Gasteiger partial charge in [0.25, 0.3) is 0 Å². The number of hydrogen-bond acceptors (Lipinski definition) is 3. The van der Waals surface area contributed by atoms with Gasteiger partial charge in [-0.2, -0.15) is 0 Å². The van der Waals surface area contributed by atoms with Gasteiger partial charge in [-0.15, -0.1) is 0 Å². The highest BCUT2D eigenvalue weighted by molar-refractivity contribution is 5.73. The van der Waals surface area contributed by atoms with Gasteiger partial charge in [-0.3, -0.25) is 4.98 Å². The van der Waals surface area contributed by atoms with E-state index in [-0.39, 0.29) is 5.82 Å². The summed E-state index contributed by atoms with van der Waals surface area (Å²) in [5.74, 6) is -0.213.